The Bertz CT molecular complexity index is 745. The molecule has 4 nitrogen and oxygen atoms in total. The molecule has 0 aliphatic rings. The number of nitrogens with zero attached hydrogens (tertiary/aromatic N) is 1. The molecule has 3 rings (SSSR count). The topological polar surface area (TPSA) is 47.1 Å². The lowest BCUT2D eigenvalue weighted by atomic mass is 10.1. The molecule has 2 aromatic carbocycles. The van der Waals surface area contributed by atoms with Crippen LogP contribution >= 0.6 is 0 Å². The molecule has 0 aliphatic heterocycles. The minimum Gasteiger partial charge on any atom is -0.491 e. The zero-order valence-electron chi connectivity index (χ0n) is 13.1. The van der Waals surface area contributed by atoms with E-state index in [2.05, 4.69) is 16.0 Å². The molecule has 0 saturated carbocycles. The molecule has 0 radical (unpaired) electrons. The number of imidazole rings is 1. The van der Waals surface area contributed by atoms with Gasteiger partial charge in [0.1, 0.15) is 11.6 Å². The van der Waals surface area contributed by atoms with Gasteiger partial charge in [0.05, 0.1) is 23.7 Å². The average molecular weight is 296 g/mol. The van der Waals surface area contributed by atoms with Gasteiger partial charge in [0.15, 0.2) is 0 Å². The van der Waals surface area contributed by atoms with Crippen molar-refractivity contribution in [2.24, 2.45) is 0 Å². The number of para-hydroxylation sites is 2. The number of hydrogen-bond donors (Lipinski definition) is 1. The Hall–Kier alpha value is -2.33. The van der Waals surface area contributed by atoms with Crippen molar-refractivity contribution in [3.63, 3.8) is 0 Å². The van der Waals surface area contributed by atoms with Gasteiger partial charge in [-0.25, -0.2) is 4.98 Å². The first kappa shape index (κ1) is 14.6. The highest BCUT2D eigenvalue weighted by Crippen LogP contribution is 2.28. The number of rotatable bonds is 5. The van der Waals surface area contributed by atoms with E-state index in [1.165, 1.54) is 0 Å². The summed E-state index contributed by atoms with van der Waals surface area (Å²) in [7, 11) is 1.69. The van der Waals surface area contributed by atoms with E-state index in [1.54, 1.807) is 7.11 Å². The molecule has 114 valence electrons. The molecule has 1 N–H and O–H groups in total. The predicted octanol–water partition coefficient (Wildman–Crippen LogP) is 4.16. The molecular weight excluding hydrogens is 276 g/mol. The number of aromatic nitrogens is 2. The van der Waals surface area contributed by atoms with Crippen molar-refractivity contribution >= 4 is 11.0 Å². The molecule has 0 amide bonds. The lowest BCUT2D eigenvalue weighted by molar-refractivity contribution is 0.175. The first-order chi connectivity index (χ1) is 10.7. The number of aromatic amines is 1. The van der Waals surface area contributed by atoms with Crippen LogP contribution in [-0.4, -0.2) is 23.2 Å². The second-order valence-corrected chi connectivity index (χ2v) is 5.52. The van der Waals surface area contributed by atoms with E-state index in [9.17, 15) is 0 Å². The standard InChI is InChI=1S/C18H20N2O2/c1-12(2)22-17-9-8-13(10-14(17)11-21-3)18-19-15-6-4-5-7-16(15)20-18/h4-10,12H,11H2,1-3H3,(H,19,20). The van der Waals surface area contributed by atoms with Crippen LogP contribution in [0.5, 0.6) is 5.75 Å². The average Bonchev–Trinajstić information content (AvgIpc) is 2.92. The van der Waals surface area contributed by atoms with E-state index in [1.807, 2.05) is 50.2 Å². The highest BCUT2D eigenvalue weighted by atomic mass is 16.5. The monoisotopic (exact) mass is 296 g/mol. The lowest BCUT2D eigenvalue weighted by Crippen LogP contribution is -2.08. The minimum atomic E-state index is 0.132. The number of H-pyrrole nitrogens is 1. The van der Waals surface area contributed by atoms with E-state index in [0.717, 1.165) is 33.7 Å². The van der Waals surface area contributed by atoms with Crippen molar-refractivity contribution in [3.05, 3.63) is 48.0 Å². The third kappa shape index (κ3) is 2.97. The van der Waals surface area contributed by atoms with Gasteiger partial charge in [-0.1, -0.05) is 12.1 Å². The first-order valence-electron chi connectivity index (χ1n) is 7.41. The summed E-state index contributed by atoms with van der Waals surface area (Å²) in [6, 6.07) is 14.1. The molecule has 0 aliphatic carbocycles. The van der Waals surface area contributed by atoms with Crippen LogP contribution in [0.15, 0.2) is 42.5 Å². The Morgan fingerprint density at radius 1 is 1.14 bits per heavy atom. The summed E-state index contributed by atoms with van der Waals surface area (Å²) < 4.78 is 11.1. The summed E-state index contributed by atoms with van der Waals surface area (Å²) in [5.74, 6) is 1.71. The Balaban J connectivity index is 2.01. The van der Waals surface area contributed by atoms with Gasteiger partial charge in [0.2, 0.25) is 0 Å². The van der Waals surface area contributed by atoms with Crippen LogP contribution in [0.3, 0.4) is 0 Å². The van der Waals surface area contributed by atoms with Crippen molar-refractivity contribution in [3.8, 4) is 17.1 Å². The van der Waals surface area contributed by atoms with Crippen molar-refractivity contribution in [2.75, 3.05) is 7.11 Å². The number of benzene rings is 2. The zero-order valence-corrected chi connectivity index (χ0v) is 13.1. The van der Waals surface area contributed by atoms with Crippen LogP contribution in [0.4, 0.5) is 0 Å². The second kappa shape index (κ2) is 6.20. The number of hydrogen-bond acceptors (Lipinski definition) is 3. The summed E-state index contributed by atoms with van der Waals surface area (Å²) in [6.45, 7) is 4.55. The fourth-order valence-electron chi connectivity index (χ4n) is 2.45. The zero-order chi connectivity index (χ0) is 15.5. The molecule has 0 spiro atoms. The highest BCUT2D eigenvalue weighted by molar-refractivity contribution is 5.79. The summed E-state index contributed by atoms with van der Waals surface area (Å²) in [6.07, 6.45) is 0.132. The van der Waals surface area contributed by atoms with Crippen molar-refractivity contribution in [1.29, 1.82) is 0 Å². The molecule has 22 heavy (non-hydrogen) atoms. The summed E-state index contributed by atoms with van der Waals surface area (Å²) in [5.41, 5.74) is 4.05. The van der Waals surface area contributed by atoms with E-state index in [4.69, 9.17) is 9.47 Å². The fraction of sp³-hybridized carbons (Fsp3) is 0.278. The molecular formula is C18H20N2O2. The van der Waals surface area contributed by atoms with Gasteiger partial charge in [-0.15, -0.1) is 0 Å². The Morgan fingerprint density at radius 3 is 2.68 bits per heavy atom. The van der Waals surface area contributed by atoms with Crippen molar-refractivity contribution in [2.45, 2.75) is 26.6 Å². The van der Waals surface area contributed by atoms with Gasteiger partial charge in [-0.3, -0.25) is 0 Å². The van der Waals surface area contributed by atoms with Gasteiger partial charge in [0, 0.05) is 18.2 Å². The normalized spacial score (nSPS) is 11.3. The summed E-state index contributed by atoms with van der Waals surface area (Å²) in [4.78, 5) is 7.99. The van der Waals surface area contributed by atoms with Gasteiger partial charge in [-0.2, -0.15) is 0 Å². The minimum absolute atomic E-state index is 0.132. The Labute approximate surface area is 130 Å². The van der Waals surface area contributed by atoms with Crippen LogP contribution in [0.1, 0.15) is 19.4 Å². The van der Waals surface area contributed by atoms with E-state index in [-0.39, 0.29) is 6.10 Å². The van der Waals surface area contributed by atoms with Gasteiger partial charge in [0.25, 0.3) is 0 Å². The molecule has 0 bridgehead atoms. The smallest absolute Gasteiger partial charge is 0.138 e. The van der Waals surface area contributed by atoms with Crippen LogP contribution in [0, 0.1) is 0 Å². The van der Waals surface area contributed by atoms with Gasteiger partial charge in [-0.05, 0) is 44.2 Å². The van der Waals surface area contributed by atoms with Gasteiger partial charge >= 0.3 is 0 Å². The largest absolute Gasteiger partial charge is 0.491 e. The predicted molar refractivity (Wildman–Crippen MR) is 88.0 cm³/mol. The maximum absolute atomic E-state index is 5.84. The molecule has 0 unspecified atom stereocenters. The van der Waals surface area contributed by atoms with Crippen LogP contribution < -0.4 is 4.74 Å². The Morgan fingerprint density at radius 2 is 1.95 bits per heavy atom. The molecule has 0 atom stereocenters. The number of fused-ring (bicyclic) bond motifs is 1. The SMILES string of the molecule is COCc1cc(-c2nc3ccccc3[nH]2)ccc1OC(C)C. The van der Waals surface area contributed by atoms with E-state index >= 15 is 0 Å². The molecule has 1 heterocycles. The highest BCUT2D eigenvalue weighted by Gasteiger charge is 2.10. The Kier molecular flexibility index (Phi) is 4.11. The van der Waals surface area contributed by atoms with Crippen molar-refractivity contribution in [1.82, 2.24) is 9.97 Å². The molecule has 4 heteroatoms. The molecule has 1 aromatic heterocycles. The number of methoxy groups -OCH3 is 1. The number of nitrogens with one attached hydrogen (secondary N) is 1. The quantitative estimate of drug-likeness (QED) is 0.769. The van der Waals surface area contributed by atoms with Crippen LogP contribution in [0.25, 0.3) is 22.4 Å². The van der Waals surface area contributed by atoms with Gasteiger partial charge < -0.3 is 14.5 Å². The summed E-state index contributed by atoms with van der Waals surface area (Å²) in [5, 5.41) is 0. The third-order valence-corrected chi connectivity index (χ3v) is 3.39. The summed E-state index contributed by atoms with van der Waals surface area (Å²) >= 11 is 0. The van der Waals surface area contributed by atoms with E-state index < -0.39 is 0 Å². The van der Waals surface area contributed by atoms with E-state index in [0.29, 0.717) is 6.61 Å². The maximum atomic E-state index is 5.84. The first-order valence-corrected chi connectivity index (χ1v) is 7.41. The molecule has 0 saturated heterocycles. The van der Waals surface area contributed by atoms with Crippen molar-refractivity contribution < 1.29 is 9.47 Å². The lowest BCUT2D eigenvalue weighted by Gasteiger charge is -2.14. The van der Waals surface area contributed by atoms with Crippen LogP contribution in [-0.2, 0) is 11.3 Å². The number of ether oxygens (including phenoxy) is 2. The molecule has 3 aromatic rings. The maximum Gasteiger partial charge on any atom is 0.138 e. The van der Waals surface area contributed by atoms with Crippen LogP contribution in [0.2, 0.25) is 0 Å². The molecule has 0 fully saturated rings. The third-order valence-electron chi connectivity index (χ3n) is 3.39. The second-order valence-electron chi connectivity index (χ2n) is 5.52. The fourth-order valence-corrected chi connectivity index (χ4v) is 2.45.